The number of fused-ring (bicyclic) bond motifs is 1. The van der Waals surface area contributed by atoms with Gasteiger partial charge in [-0.15, -0.1) is 0 Å². The lowest BCUT2D eigenvalue weighted by molar-refractivity contribution is -0.143. The molecule has 1 aliphatic rings. The lowest BCUT2D eigenvalue weighted by Gasteiger charge is -2.26. The van der Waals surface area contributed by atoms with E-state index in [1.165, 1.54) is 6.07 Å². The summed E-state index contributed by atoms with van der Waals surface area (Å²) in [5.74, 6) is -2.11. The average molecular weight is 437 g/mol. The second-order valence-corrected chi connectivity index (χ2v) is 10.2. The van der Waals surface area contributed by atoms with Gasteiger partial charge in [-0.2, -0.15) is 16.9 Å². The Morgan fingerprint density at radius 2 is 1.83 bits per heavy atom. The Labute approximate surface area is 175 Å². The van der Waals surface area contributed by atoms with Crippen LogP contribution in [-0.4, -0.2) is 53.6 Å². The summed E-state index contributed by atoms with van der Waals surface area (Å²) < 4.78 is 27.7. The van der Waals surface area contributed by atoms with Crippen LogP contribution in [0.4, 0.5) is 0 Å². The van der Waals surface area contributed by atoms with Crippen molar-refractivity contribution in [2.45, 2.75) is 42.5 Å². The second-order valence-electron chi connectivity index (χ2n) is 7.56. The molecule has 0 saturated carbocycles. The number of aliphatic carboxylic acids is 1. The molecule has 0 bridgehead atoms. The summed E-state index contributed by atoms with van der Waals surface area (Å²) in [5.41, 5.74) is 0. The standard InChI is InChI=1S/C20H24N2O5S2/c1-12(2)18(20(24)25)21-19(23)17-10-15(28)11-22(17)29(26,27)16-8-7-13-5-3-4-6-14(13)9-16/h3-9,12,15,17-18,28H,10-11H2,1-2H3,(H,21,23)(H,24,25)/t15-,17-,18-/m0/s1. The molecule has 7 nitrogen and oxygen atoms in total. The molecule has 3 rings (SSSR count). The molecule has 0 unspecified atom stereocenters. The number of hydrogen-bond donors (Lipinski definition) is 3. The minimum atomic E-state index is -3.96. The molecule has 1 aliphatic heterocycles. The Kier molecular flexibility index (Phi) is 6.21. The molecular formula is C20H24N2O5S2. The monoisotopic (exact) mass is 436 g/mol. The van der Waals surface area contributed by atoms with Gasteiger partial charge in [-0.1, -0.05) is 44.2 Å². The minimum Gasteiger partial charge on any atom is -0.480 e. The van der Waals surface area contributed by atoms with Crippen molar-refractivity contribution in [2.75, 3.05) is 6.54 Å². The zero-order valence-corrected chi connectivity index (χ0v) is 17.9. The molecular weight excluding hydrogens is 412 g/mol. The maximum atomic E-state index is 13.3. The van der Waals surface area contributed by atoms with Gasteiger partial charge in [-0.3, -0.25) is 4.79 Å². The van der Waals surface area contributed by atoms with Crippen LogP contribution >= 0.6 is 12.6 Å². The zero-order chi connectivity index (χ0) is 21.3. The molecule has 1 saturated heterocycles. The number of nitrogens with one attached hydrogen (secondary N) is 1. The molecule has 1 fully saturated rings. The van der Waals surface area contributed by atoms with E-state index < -0.39 is 34.0 Å². The SMILES string of the molecule is CC(C)[C@H](NC(=O)[C@@H]1C[C@H](S)CN1S(=O)(=O)c1ccc2ccccc2c1)C(=O)O. The summed E-state index contributed by atoms with van der Waals surface area (Å²) in [6.45, 7) is 3.44. The van der Waals surface area contributed by atoms with Crippen LogP contribution in [0.1, 0.15) is 20.3 Å². The van der Waals surface area contributed by atoms with Crippen LogP contribution in [0, 0.1) is 5.92 Å². The second kappa shape index (κ2) is 8.33. The van der Waals surface area contributed by atoms with Crippen molar-refractivity contribution in [1.29, 1.82) is 0 Å². The first-order valence-corrected chi connectivity index (χ1v) is 11.3. The number of carbonyl (C=O) groups is 2. The Morgan fingerprint density at radius 3 is 2.45 bits per heavy atom. The van der Waals surface area contributed by atoms with Crippen LogP contribution in [0.25, 0.3) is 10.8 Å². The van der Waals surface area contributed by atoms with Crippen molar-refractivity contribution in [1.82, 2.24) is 9.62 Å². The number of carboxylic acids is 1. The zero-order valence-electron chi connectivity index (χ0n) is 16.1. The molecule has 1 heterocycles. The molecule has 0 aromatic heterocycles. The fourth-order valence-corrected chi connectivity index (χ4v) is 5.68. The Morgan fingerprint density at radius 1 is 1.17 bits per heavy atom. The highest BCUT2D eigenvalue weighted by Crippen LogP contribution is 2.30. The molecule has 2 aromatic rings. The molecule has 3 atom stereocenters. The summed E-state index contributed by atoms with van der Waals surface area (Å²) >= 11 is 4.38. The topological polar surface area (TPSA) is 104 Å². The highest BCUT2D eigenvalue weighted by atomic mass is 32.2. The fraction of sp³-hybridized carbons (Fsp3) is 0.400. The summed E-state index contributed by atoms with van der Waals surface area (Å²) in [5, 5.41) is 13.2. The van der Waals surface area contributed by atoms with Gasteiger partial charge in [0.05, 0.1) is 4.90 Å². The first kappa shape index (κ1) is 21.6. The maximum absolute atomic E-state index is 13.3. The summed E-state index contributed by atoms with van der Waals surface area (Å²) in [4.78, 5) is 24.3. The van der Waals surface area contributed by atoms with Crippen LogP contribution < -0.4 is 5.32 Å². The molecule has 0 radical (unpaired) electrons. The highest BCUT2D eigenvalue weighted by molar-refractivity contribution is 7.89. The van der Waals surface area contributed by atoms with E-state index in [1.54, 1.807) is 26.0 Å². The quantitative estimate of drug-likeness (QED) is 0.602. The first-order valence-electron chi connectivity index (χ1n) is 9.33. The maximum Gasteiger partial charge on any atom is 0.326 e. The molecule has 1 amide bonds. The van der Waals surface area contributed by atoms with E-state index in [9.17, 15) is 23.1 Å². The molecule has 2 N–H and O–H groups in total. The van der Waals surface area contributed by atoms with Crippen LogP contribution in [0.3, 0.4) is 0 Å². The van der Waals surface area contributed by atoms with Crippen molar-refractivity contribution < 1.29 is 23.1 Å². The van der Waals surface area contributed by atoms with Gasteiger partial charge in [0.25, 0.3) is 0 Å². The van der Waals surface area contributed by atoms with E-state index in [0.717, 1.165) is 15.1 Å². The van der Waals surface area contributed by atoms with Gasteiger partial charge in [0.2, 0.25) is 15.9 Å². The van der Waals surface area contributed by atoms with E-state index in [-0.39, 0.29) is 29.0 Å². The third kappa shape index (κ3) is 4.41. The Bertz CT molecular complexity index is 1040. The molecule has 156 valence electrons. The molecule has 2 aromatic carbocycles. The van der Waals surface area contributed by atoms with Gasteiger partial charge in [0.1, 0.15) is 12.1 Å². The third-order valence-corrected chi connectivity index (χ3v) is 7.34. The third-order valence-electron chi connectivity index (χ3n) is 5.09. The molecule has 0 spiro atoms. The van der Waals surface area contributed by atoms with E-state index >= 15 is 0 Å². The van der Waals surface area contributed by atoms with Crippen molar-refractivity contribution in [3.05, 3.63) is 42.5 Å². The summed E-state index contributed by atoms with van der Waals surface area (Å²) in [7, 11) is -3.96. The van der Waals surface area contributed by atoms with E-state index in [2.05, 4.69) is 17.9 Å². The fourth-order valence-electron chi connectivity index (χ4n) is 3.51. The van der Waals surface area contributed by atoms with E-state index in [1.807, 2.05) is 24.3 Å². The molecule has 29 heavy (non-hydrogen) atoms. The summed E-state index contributed by atoms with van der Waals surface area (Å²) in [6, 6.07) is 10.1. The van der Waals surface area contributed by atoms with Crippen LogP contribution in [0.15, 0.2) is 47.4 Å². The van der Waals surface area contributed by atoms with E-state index in [4.69, 9.17) is 0 Å². The van der Waals surface area contributed by atoms with Crippen LogP contribution in [0.5, 0.6) is 0 Å². The van der Waals surface area contributed by atoms with Gasteiger partial charge < -0.3 is 10.4 Å². The van der Waals surface area contributed by atoms with Crippen molar-refractivity contribution >= 4 is 45.3 Å². The highest BCUT2D eigenvalue weighted by Gasteiger charge is 2.44. The van der Waals surface area contributed by atoms with Gasteiger partial charge in [-0.05, 0) is 35.2 Å². The number of nitrogens with zero attached hydrogens (tertiary/aromatic N) is 1. The number of hydrogen-bond acceptors (Lipinski definition) is 5. The number of amides is 1. The van der Waals surface area contributed by atoms with Gasteiger partial charge in [0, 0.05) is 11.8 Å². The summed E-state index contributed by atoms with van der Waals surface area (Å²) in [6.07, 6.45) is 0.214. The molecule has 0 aliphatic carbocycles. The van der Waals surface area contributed by atoms with Gasteiger partial charge >= 0.3 is 5.97 Å². The van der Waals surface area contributed by atoms with Crippen LogP contribution in [0.2, 0.25) is 0 Å². The Hall–Kier alpha value is -2.10. The Balaban J connectivity index is 1.91. The van der Waals surface area contributed by atoms with Crippen molar-refractivity contribution in [3.8, 4) is 0 Å². The average Bonchev–Trinajstić information content (AvgIpc) is 3.07. The van der Waals surface area contributed by atoms with Crippen LogP contribution in [-0.2, 0) is 19.6 Å². The largest absolute Gasteiger partial charge is 0.480 e. The first-order chi connectivity index (χ1) is 13.6. The van der Waals surface area contributed by atoms with Gasteiger partial charge in [0.15, 0.2) is 0 Å². The van der Waals surface area contributed by atoms with E-state index in [0.29, 0.717) is 0 Å². The number of carboxylic acid groups (broad SMARTS) is 1. The predicted molar refractivity (Wildman–Crippen MR) is 113 cm³/mol. The van der Waals surface area contributed by atoms with Gasteiger partial charge in [-0.25, -0.2) is 13.2 Å². The van der Waals surface area contributed by atoms with Crippen molar-refractivity contribution in [2.24, 2.45) is 5.92 Å². The lowest BCUT2D eigenvalue weighted by Crippen LogP contribution is -2.52. The number of sulfonamides is 1. The number of benzene rings is 2. The normalized spacial score (nSPS) is 21.4. The minimum absolute atomic E-state index is 0.0791. The van der Waals surface area contributed by atoms with Crippen molar-refractivity contribution in [3.63, 3.8) is 0 Å². The molecule has 9 heteroatoms. The smallest absolute Gasteiger partial charge is 0.326 e. The predicted octanol–water partition coefficient (Wildman–Crippen LogP) is 2.13. The number of carbonyl (C=O) groups excluding carboxylic acids is 1. The lowest BCUT2D eigenvalue weighted by atomic mass is 10.0. The number of thiol groups is 1. The number of rotatable bonds is 6.